The maximum atomic E-state index is 12.3. The molecule has 2 aliphatic heterocycles. The first kappa shape index (κ1) is 25.3. The Morgan fingerprint density at radius 1 is 1.44 bits per heavy atom. The van der Waals surface area contributed by atoms with E-state index in [1.165, 1.54) is 11.1 Å². The predicted octanol–water partition coefficient (Wildman–Crippen LogP) is 0.427. The summed E-state index contributed by atoms with van der Waals surface area (Å²) < 4.78 is 11.2. The maximum absolute atomic E-state index is 12.3. The van der Waals surface area contributed by atoms with Gasteiger partial charge in [0.15, 0.2) is 6.29 Å². The number of aliphatic hydroxyl groups excluding tert-OH is 1. The molecule has 4 rings (SSSR count). The van der Waals surface area contributed by atoms with Gasteiger partial charge in [0, 0.05) is 44.7 Å². The number of aldehydes is 1. The quantitative estimate of drug-likeness (QED) is 0.369. The summed E-state index contributed by atoms with van der Waals surface area (Å²) in [6, 6.07) is 7.01. The first-order valence-corrected chi connectivity index (χ1v) is 11.6. The number of nitrogens with zero attached hydrogens (tertiary/aromatic N) is 6. The van der Waals surface area contributed by atoms with Crippen molar-refractivity contribution in [1.29, 1.82) is 5.26 Å². The summed E-state index contributed by atoms with van der Waals surface area (Å²) in [5.74, 6) is 0.992. The second-order valence-corrected chi connectivity index (χ2v) is 8.79. The van der Waals surface area contributed by atoms with Crippen LogP contribution in [-0.4, -0.2) is 96.5 Å². The van der Waals surface area contributed by atoms with Crippen molar-refractivity contribution in [3.63, 3.8) is 0 Å². The SMILES string of the molecule is CN1CCN(Cc2ccc(N(C)C(O)Nc3cc(OC4CCOC4)c(C#N)cn3)nc2C=O)C(=O)C1. The number of nitriles is 1. The number of pyridine rings is 2. The molecule has 1 amide bonds. The number of aliphatic hydroxyl groups is 1. The molecule has 4 heterocycles. The molecule has 2 atom stereocenters. The summed E-state index contributed by atoms with van der Waals surface area (Å²) in [5.41, 5.74) is 1.11. The molecule has 2 saturated heterocycles. The molecule has 2 aromatic heterocycles. The number of hydrogen-bond acceptors (Lipinski definition) is 11. The van der Waals surface area contributed by atoms with Crippen LogP contribution < -0.4 is 15.0 Å². The Bertz CT molecular complexity index is 1150. The fourth-order valence-corrected chi connectivity index (χ4v) is 3.96. The van der Waals surface area contributed by atoms with Gasteiger partial charge in [-0.3, -0.25) is 14.5 Å². The van der Waals surface area contributed by atoms with E-state index in [0.717, 1.165) is 13.0 Å². The van der Waals surface area contributed by atoms with Crippen LogP contribution in [0.25, 0.3) is 0 Å². The van der Waals surface area contributed by atoms with E-state index < -0.39 is 6.35 Å². The van der Waals surface area contributed by atoms with Crippen molar-refractivity contribution in [3.05, 3.63) is 41.2 Å². The van der Waals surface area contributed by atoms with Crippen LogP contribution in [0.4, 0.5) is 11.6 Å². The van der Waals surface area contributed by atoms with Crippen LogP contribution in [0.15, 0.2) is 24.4 Å². The molecule has 2 unspecified atom stereocenters. The van der Waals surface area contributed by atoms with Gasteiger partial charge in [0.1, 0.15) is 40.8 Å². The summed E-state index contributed by atoms with van der Waals surface area (Å²) in [7, 11) is 3.50. The Morgan fingerprint density at radius 3 is 2.97 bits per heavy atom. The highest BCUT2D eigenvalue weighted by Gasteiger charge is 2.24. The zero-order valence-corrected chi connectivity index (χ0v) is 20.3. The molecule has 0 radical (unpaired) electrons. The van der Waals surface area contributed by atoms with Gasteiger partial charge in [0.05, 0.1) is 26.0 Å². The van der Waals surface area contributed by atoms with E-state index in [2.05, 4.69) is 21.4 Å². The van der Waals surface area contributed by atoms with Gasteiger partial charge < -0.3 is 29.7 Å². The molecule has 2 N–H and O–H groups in total. The second-order valence-electron chi connectivity index (χ2n) is 8.79. The average molecular weight is 496 g/mol. The Hall–Kier alpha value is -3.79. The van der Waals surface area contributed by atoms with Crippen molar-refractivity contribution in [2.45, 2.75) is 25.4 Å². The molecule has 2 aliphatic rings. The Morgan fingerprint density at radius 2 is 2.28 bits per heavy atom. The highest BCUT2D eigenvalue weighted by Crippen LogP contribution is 2.25. The van der Waals surface area contributed by atoms with E-state index in [4.69, 9.17) is 9.47 Å². The minimum Gasteiger partial charge on any atom is -0.486 e. The van der Waals surface area contributed by atoms with Crippen molar-refractivity contribution in [1.82, 2.24) is 19.8 Å². The van der Waals surface area contributed by atoms with E-state index in [1.807, 2.05) is 11.9 Å². The molecule has 2 fully saturated rings. The fourth-order valence-electron chi connectivity index (χ4n) is 3.96. The van der Waals surface area contributed by atoms with Crippen LogP contribution >= 0.6 is 0 Å². The zero-order chi connectivity index (χ0) is 25.7. The molecule has 36 heavy (non-hydrogen) atoms. The van der Waals surface area contributed by atoms with Crippen molar-refractivity contribution in [2.24, 2.45) is 0 Å². The highest BCUT2D eigenvalue weighted by atomic mass is 16.5. The number of ether oxygens (including phenoxy) is 2. The van der Waals surface area contributed by atoms with Crippen LogP contribution in [0.1, 0.15) is 28.0 Å². The lowest BCUT2D eigenvalue weighted by Gasteiger charge is -2.32. The topological polar surface area (TPSA) is 144 Å². The number of carbonyl (C=O) groups is 2. The van der Waals surface area contributed by atoms with Crippen molar-refractivity contribution >= 4 is 23.8 Å². The number of amides is 1. The van der Waals surface area contributed by atoms with Crippen molar-refractivity contribution < 1.29 is 24.2 Å². The van der Waals surface area contributed by atoms with E-state index in [-0.39, 0.29) is 23.3 Å². The zero-order valence-electron chi connectivity index (χ0n) is 20.3. The van der Waals surface area contributed by atoms with Gasteiger partial charge >= 0.3 is 0 Å². The number of anilines is 2. The fraction of sp³-hybridized carbons (Fsp3) is 0.458. The third-order valence-electron chi connectivity index (χ3n) is 6.15. The molecule has 12 heteroatoms. The minimum absolute atomic E-state index is 0.000128. The van der Waals surface area contributed by atoms with E-state index in [1.54, 1.807) is 30.1 Å². The van der Waals surface area contributed by atoms with Crippen LogP contribution in [0, 0.1) is 11.3 Å². The van der Waals surface area contributed by atoms with Crippen molar-refractivity contribution in [2.75, 3.05) is 57.2 Å². The standard InChI is InChI=1S/C24H29N7O5/c1-29-6-7-31(23(33)13-29)12-16-3-4-22(27-19(16)14-32)30(2)24(34)28-21-9-20(17(10-25)11-26-21)36-18-5-8-35-15-18/h3-4,9,11,14,18,24,34H,5-8,12-13,15H2,1-2H3,(H,26,28). The van der Waals surface area contributed by atoms with Gasteiger partial charge in [-0.1, -0.05) is 6.07 Å². The Balaban J connectivity index is 1.44. The number of hydrogen-bond donors (Lipinski definition) is 2. The number of likely N-dealkylation sites (N-methyl/N-ethyl adjacent to an activating group) is 1. The first-order valence-electron chi connectivity index (χ1n) is 11.6. The normalized spacial score (nSPS) is 19.0. The summed E-state index contributed by atoms with van der Waals surface area (Å²) in [5, 5.41) is 23.0. The third-order valence-corrected chi connectivity index (χ3v) is 6.15. The molecule has 0 spiro atoms. The van der Waals surface area contributed by atoms with Crippen molar-refractivity contribution in [3.8, 4) is 11.8 Å². The van der Waals surface area contributed by atoms with Gasteiger partial charge in [-0.2, -0.15) is 5.26 Å². The molecular weight excluding hydrogens is 466 g/mol. The van der Waals surface area contributed by atoms with Gasteiger partial charge in [-0.15, -0.1) is 0 Å². The number of aromatic nitrogens is 2. The van der Waals surface area contributed by atoms with E-state index >= 15 is 0 Å². The van der Waals surface area contributed by atoms with Crippen LogP contribution in [0.5, 0.6) is 5.75 Å². The third kappa shape index (κ3) is 5.88. The van der Waals surface area contributed by atoms with Gasteiger partial charge in [0.25, 0.3) is 0 Å². The molecular formula is C24H29N7O5. The Labute approximate surface area is 209 Å². The smallest absolute Gasteiger partial charge is 0.237 e. The molecule has 0 bridgehead atoms. The molecule has 2 aromatic rings. The summed E-state index contributed by atoms with van der Waals surface area (Å²) in [6.45, 7) is 3.03. The van der Waals surface area contributed by atoms with Crippen LogP contribution in [0.3, 0.4) is 0 Å². The summed E-state index contributed by atoms with van der Waals surface area (Å²) in [6.07, 6.45) is 1.35. The molecule has 0 aromatic carbocycles. The maximum Gasteiger partial charge on any atom is 0.237 e. The highest BCUT2D eigenvalue weighted by molar-refractivity contribution is 5.80. The largest absolute Gasteiger partial charge is 0.486 e. The van der Waals surface area contributed by atoms with Gasteiger partial charge in [-0.25, -0.2) is 9.97 Å². The average Bonchev–Trinajstić information content (AvgIpc) is 3.38. The molecule has 190 valence electrons. The molecule has 12 nitrogen and oxygen atoms in total. The van der Waals surface area contributed by atoms with Gasteiger partial charge in [0.2, 0.25) is 12.3 Å². The lowest BCUT2D eigenvalue weighted by Crippen LogP contribution is -2.48. The number of nitrogens with one attached hydrogen (secondary N) is 1. The number of carbonyl (C=O) groups excluding carboxylic acids is 2. The lowest BCUT2D eigenvalue weighted by atomic mass is 10.1. The van der Waals surface area contributed by atoms with Crippen LogP contribution in [-0.2, 0) is 16.1 Å². The number of rotatable bonds is 9. The monoisotopic (exact) mass is 495 g/mol. The summed E-state index contributed by atoms with van der Waals surface area (Å²) >= 11 is 0. The van der Waals surface area contributed by atoms with Gasteiger partial charge in [-0.05, 0) is 13.1 Å². The molecule has 0 saturated carbocycles. The first-order chi connectivity index (χ1) is 17.4. The Kier molecular flexibility index (Phi) is 7.94. The summed E-state index contributed by atoms with van der Waals surface area (Å²) in [4.78, 5) is 37.7. The number of piperazine rings is 1. The minimum atomic E-state index is -1.25. The molecule has 0 aliphatic carbocycles. The lowest BCUT2D eigenvalue weighted by molar-refractivity contribution is -0.136. The predicted molar refractivity (Wildman–Crippen MR) is 129 cm³/mol. The second kappa shape index (κ2) is 11.3. The van der Waals surface area contributed by atoms with E-state index in [9.17, 15) is 20.0 Å². The van der Waals surface area contributed by atoms with E-state index in [0.29, 0.717) is 62.1 Å². The van der Waals surface area contributed by atoms with Crippen LogP contribution in [0.2, 0.25) is 0 Å².